The van der Waals surface area contributed by atoms with Crippen LogP contribution in [-0.4, -0.2) is 60.3 Å². The maximum absolute atomic E-state index is 9.53. The van der Waals surface area contributed by atoms with Gasteiger partial charge in [0, 0.05) is 45.8 Å². The van der Waals surface area contributed by atoms with Gasteiger partial charge in [-0.15, -0.1) is 0 Å². The van der Waals surface area contributed by atoms with Gasteiger partial charge in [-0.3, -0.25) is 9.80 Å². The highest BCUT2D eigenvalue weighted by atomic mass is 35.5. The van der Waals surface area contributed by atoms with Crippen LogP contribution in [0.4, 0.5) is 0 Å². The third-order valence-corrected chi connectivity index (χ3v) is 3.45. The highest BCUT2D eigenvalue weighted by Gasteiger charge is 2.18. The van der Waals surface area contributed by atoms with Crippen LogP contribution in [0.3, 0.4) is 0 Å². The molecule has 1 atom stereocenters. The van der Waals surface area contributed by atoms with Gasteiger partial charge in [0.25, 0.3) is 0 Å². The van der Waals surface area contributed by atoms with Crippen LogP contribution in [0.25, 0.3) is 0 Å². The third-order valence-electron chi connectivity index (χ3n) is 3.45. The van der Waals surface area contributed by atoms with Crippen molar-refractivity contribution < 1.29 is 17.5 Å². The predicted octanol–water partition coefficient (Wildman–Crippen LogP) is -2.87. The molecular formula is C14H23ClN3O-. The number of piperazine rings is 1. The molecule has 0 saturated carbocycles. The van der Waals surface area contributed by atoms with E-state index in [0.29, 0.717) is 13.1 Å². The number of halogens is 1. The Balaban J connectivity index is 0.00000180. The molecule has 1 aromatic rings. The van der Waals surface area contributed by atoms with E-state index in [4.69, 9.17) is 5.73 Å². The van der Waals surface area contributed by atoms with E-state index in [2.05, 4.69) is 40.1 Å². The van der Waals surface area contributed by atoms with Crippen LogP contribution in [-0.2, 0) is 6.54 Å². The van der Waals surface area contributed by atoms with Crippen LogP contribution in [0.15, 0.2) is 30.3 Å². The van der Waals surface area contributed by atoms with E-state index in [9.17, 15) is 5.11 Å². The van der Waals surface area contributed by atoms with Crippen LogP contribution in [0.1, 0.15) is 5.56 Å². The van der Waals surface area contributed by atoms with E-state index >= 15 is 0 Å². The number of aliphatic hydroxyl groups is 1. The largest absolute Gasteiger partial charge is 1.00 e. The molecule has 0 amide bonds. The van der Waals surface area contributed by atoms with Crippen LogP contribution in [0.2, 0.25) is 0 Å². The van der Waals surface area contributed by atoms with Crippen molar-refractivity contribution in [3.8, 4) is 0 Å². The summed E-state index contributed by atoms with van der Waals surface area (Å²) in [5, 5.41) is 9.53. The Morgan fingerprint density at radius 1 is 1.05 bits per heavy atom. The smallest absolute Gasteiger partial charge is 0.0789 e. The van der Waals surface area contributed by atoms with Crippen LogP contribution < -0.4 is 18.1 Å². The van der Waals surface area contributed by atoms with E-state index in [1.807, 2.05) is 0 Å². The minimum atomic E-state index is -0.384. The molecule has 1 fully saturated rings. The summed E-state index contributed by atoms with van der Waals surface area (Å²) in [6.07, 6.45) is -0.384. The van der Waals surface area contributed by atoms with Crippen molar-refractivity contribution in [2.75, 3.05) is 39.3 Å². The van der Waals surface area contributed by atoms with Crippen molar-refractivity contribution in [3.05, 3.63) is 35.9 Å². The zero-order valence-corrected chi connectivity index (χ0v) is 12.0. The number of nitrogens with zero attached hydrogens (tertiary/aromatic N) is 2. The zero-order valence-electron chi connectivity index (χ0n) is 11.2. The van der Waals surface area contributed by atoms with Crippen molar-refractivity contribution in [1.82, 2.24) is 9.80 Å². The fraction of sp³-hybridized carbons (Fsp3) is 0.571. The zero-order chi connectivity index (χ0) is 12.8. The Morgan fingerprint density at radius 3 is 2.21 bits per heavy atom. The van der Waals surface area contributed by atoms with Gasteiger partial charge >= 0.3 is 0 Å². The topological polar surface area (TPSA) is 52.7 Å². The highest BCUT2D eigenvalue weighted by Crippen LogP contribution is 2.08. The summed E-state index contributed by atoms with van der Waals surface area (Å²) in [5.41, 5.74) is 6.80. The Kier molecular flexibility index (Phi) is 7.34. The molecule has 0 spiro atoms. The number of rotatable bonds is 5. The highest BCUT2D eigenvalue weighted by molar-refractivity contribution is 5.14. The number of nitrogens with two attached hydrogens (primary N) is 1. The Hall–Kier alpha value is -0.650. The molecule has 0 aliphatic carbocycles. The summed E-state index contributed by atoms with van der Waals surface area (Å²) < 4.78 is 0. The van der Waals surface area contributed by atoms with Gasteiger partial charge in [-0.2, -0.15) is 0 Å². The molecule has 2 rings (SSSR count). The van der Waals surface area contributed by atoms with E-state index in [-0.39, 0.29) is 18.5 Å². The molecule has 1 aliphatic heterocycles. The summed E-state index contributed by atoms with van der Waals surface area (Å²) in [5.74, 6) is 0. The number of benzene rings is 1. The van der Waals surface area contributed by atoms with Gasteiger partial charge in [-0.05, 0) is 5.56 Å². The second-order valence-corrected chi connectivity index (χ2v) is 4.95. The maximum atomic E-state index is 9.53. The predicted molar refractivity (Wildman–Crippen MR) is 73.2 cm³/mol. The SMILES string of the molecule is NCC(O)CN1CCN(Cc2ccccc2)CC1.[Cl-]. The van der Waals surface area contributed by atoms with E-state index in [1.165, 1.54) is 5.56 Å². The summed E-state index contributed by atoms with van der Waals surface area (Å²) >= 11 is 0. The molecule has 4 nitrogen and oxygen atoms in total. The number of aliphatic hydroxyl groups excluding tert-OH is 1. The molecule has 1 aliphatic rings. The summed E-state index contributed by atoms with van der Waals surface area (Å²) in [7, 11) is 0. The van der Waals surface area contributed by atoms with Crippen molar-refractivity contribution in [3.63, 3.8) is 0 Å². The lowest BCUT2D eigenvalue weighted by atomic mass is 10.2. The van der Waals surface area contributed by atoms with Crippen molar-refractivity contribution in [2.24, 2.45) is 5.73 Å². The lowest BCUT2D eigenvalue weighted by molar-refractivity contribution is -0.00000608. The number of β-amino-alcohol motifs (C(OH)–C–C–N with tert-alkyl or cyclic N) is 1. The molecule has 3 N–H and O–H groups in total. The van der Waals surface area contributed by atoms with Gasteiger partial charge in [0.15, 0.2) is 0 Å². The normalized spacial score (nSPS) is 18.8. The number of hydrogen-bond donors (Lipinski definition) is 2. The Labute approximate surface area is 121 Å². The molecule has 5 heteroatoms. The summed E-state index contributed by atoms with van der Waals surface area (Å²) in [6.45, 7) is 6.24. The first-order chi connectivity index (χ1) is 8.78. The number of hydrogen-bond acceptors (Lipinski definition) is 4. The summed E-state index contributed by atoms with van der Waals surface area (Å²) in [4.78, 5) is 4.75. The fourth-order valence-corrected chi connectivity index (χ4v) is 2.34. The van der Waals surface area contributed by atoms with E-state index in [0.717, 1.165) is 32.7 Å². The molecule has 0 aromatic heterocycles. The average Bonchev–Trinajstić information content (AvgIpc) is 2.42. The minimum absolute atomic E-state index is 0. The van der Waals surface area contributed by atoms with Gasteiger partial charge in [0.05, 0.1) is 6.10 Å². The molecule has 1 unspecified atom stereocenters. The molecule has 1 saturated heterocycles. The molecule has 108 valence electrons. The monoisotopic (exact) mass is 284 g/mol. The molecule has 19 heavy (non-hydrogen) atoms. The minimum Gasteiger partial charge on any atom is -1.00 e. The molecule has 0 radical (unpaired) electrons. The maximum Gasteiger partial charge on any atom is 0.0789 e. The van der Waals surface area contributed by atoms with Crippen LogP contribution in [0.5, 0.6) is 0 Å². The first-order valence-electron chi connectivity index (χ1n) is 6.64. The standard InChI is InChI=1S/C14H23N3O.ClH/c15-10-14(18)12-17-8-6-16(7-9-17)11-13-4-2-1-3-5-13;/h1-5,14,18H,6-12,15H2;1H/p-1. The molecule has 0 bridgehead atoms. The fourth-order valence-electron chi connectivity index (χ4n) is 2.34. The first kappa shape index (κ1) is 16.4. The van der Waals surface area contributed by atoms with Crippen molar-refractivity contribution >= 4 is 0 Å². The third kappa shape index (κ3) is 5.47. The lowest BCUT2D eigenvalue weighted by Gasteiger charge is -2.35. The average molecular weight is 285 g/mol. The van der Waals surface area contributed by atoms with Gasteiger partial charge in [0.2, 0.25) is 0 Å². The van der Waals surface area contributed by atoms with Crippen LogP contribution in [0, 0.1) is 0 Å². The molecule has 1 heterocycles. The van der Waals surface area contributed by atoms with E-state index in [1.54, 1.807) is 0 Å². The second kappa shape index (κ2) is 8.51. The van der Waals surface area contributed by atoms with Gasteiger partial charge in [-0.1, -0.05) is 30.3 Å². The van der Waals surface area contributed by atoms with Crippen LogP contribution >= 0.6 is 0 Å². The van der Waals surface area contributed by atoms with Gasteiger partial charge in [0.1, 0.15) is 0 Å². The van der Waals surface area contributed by atoms with Gasteiger partial charge < -0.3 is 23.2 Å². The molecule has 1 aromatic carbocycles. The van der Waals surface area contributed by atoms with Gasteiger partial charge in [-0.25, -0.2) is 0 Å². The van der Waals surface area contributed by atoms with Crippen molar-refractivity contribution in [1.29, 1.82) is 0 Å². The Bertz CT molecular complexity index is 342. The first-order valence-corrected chi connectivity index (χ1v) is 6.64. The second-order valence-electron chi connectivity index (χ2n) is 4.95. The Morgan fingerprint density at radius 2 is 1.63 bits per heavy atom. The van der Waals surface area contributed by atoms with E-state index < -0.39 is 0 Å². The quantitative estimate of drug-likeness (QED) is 0.610. The summed E-state index contributed by atoms with van der Waals surface area (Å²) in [6, 6.07) is 10.6. The molecular weight excluding hydrogens is 262 g/mol. The van der Waals surface area contributed by atoms with Crippen molar-refractivity contribution in [2.45, 2.75) is 12.6 Å². The lowest BCUT2D eigenvalue weighted by Crippen LogP contribution is -3.00.